The second-order valence-electron chi connectivity index (χ2n) is 5.03. The highest BCUT2D eigenvalue weighted by Gasteiger charge is 2.19. The van der Waals surface area contributed by atoms with Crippen LogP contribution in [0, 0.1) is 0 Å². The summed E-state index contributed by atoms with van der Waals surface area (Å²) in [7, 11) is 0. The Morgan fingerprint density at radius 1 is 1.17 bits per heavy atom. The molecule has 2 aromatic rings. The van der Waals surface area contributed by atoms with E-state index in [1.54, 1.807) is 24.3 Å². The van der Waals surface area contributed by atoms with Crippen LogP contribution in [-0.4, -0.2) is 17.1 Å². The lowest BCUT2D eigenvalue weighted by molar-refractivity contribution is 0.0698. The molecule has 0 unspecified atom stereocenters. The van der Waals surface area contributed by atoms with Crippen molar-refractivity contribution >= 4 is 57.2 Å². The Kier molecular flexibility index (Phi) is 5.51. The van der Waals surface area contributed by atoms with E-state index in [9.17, 15) is 14.7 Å². The Hall–Kier alpha value is -1.76. The van der Waals surface area contributed by atoms with Crippen molar-refractivity contribution in [1.82, 2.24) is 0 Å². The van der Waals surface area contributed by atoms with Gasteiger partial charge in [0.05, 0.1) is 21.3 Å². The van der Waals surface area contributed by atoms with Crippen LogP contribution in [0.25, 0.3) is 0 Å². The number of nitrogens with one attached hydrogen (secondary N) is 2. The monoisotopic (exact) mass is 372 g/mol. The molecule has 0 atom stereocenters. The Morgan fingerprint density at radius 3 is 2.30 bits per heavy atom. The molecule has 0 aliphatic rings. The summed E-state index contributed by atoms with van der Waals surface area (Å²) >= 11 is 13.2. The summed E-state index contributed by atoms with van der Waals surface area (Å²) in [6.07, 6.45) is 0. The van der Waals surface area contributed by atoms with Gasteiger partial charge in [-0.15, -0.1) is 11.3 Å². The first kappa shape index (κ1) is 17.6. The summed E-state index contributed by atoms with van der Waals surface area (Å²) in [6.45, 7) is 3.90. The number of aromatic carboxylic acids is 1. The largest absolute Gasteiger partial charge is 0.478 e. The van der Waals surface area contributed by atoms with Crippen molar-refractivity contribution < 1.29 is 14.7 Å². The van der Waals surface area contributed by atoms with E-state index in [-0.39, 0.29) is 22.2 Å². The second-order valence-corrected chi connectivity index (χ2v) is 6.93. The number of carboxylic acid groups (broad SMARTS) is 1. The molecule has 0 fully saturated rings. The van der Waals surface area contributed by atoms with Gasteiger partial charge in [0.1, 0.15) is 5.00 Å². The number of carbonyl (C=O) groups excluding carboxylic acids is 1. The van der Waals surface area contributed by atoms with Crippen LogP contribution in [0.5, 0.6) is 0 Å². The van der Waals surface area contributed by atoms with E-state index in [1.165, 1.54) is 11.3 Å². The third kappa shape index (κ3) is 4.16. The number of hydrogen-bond acceptors (Lipinski definition) is 3. The topological polar surface area (TPSA) is 78.4 Å². The van der Waals surface area contributed by atoms with E-state index in [0.717, 1.165) is 4.88 Å². The molecule has 0 saturated heterocycles. The third-order valence-electron chi connectivity index (χ3n) is 2.98. The molecule has 1 aromatic heterocycles. The zero-order chi connectivity index (χ0) is 17.1. The third-order valence-corrected chi connectivity index (χ3v) is 4.96. The maximum atomic E-state index is 12.1. The molecule has 2 amide bonds. The fourth-order valence-electron chi connectivity index (χ4n) is 1.81. The molecule has 3 N–H and O–H groups in total. The Morgan fingerprint density at radius 2 is 1.78 bits per heavy atom. The maximum absolute atomic E-state index is 12.1. The van der Waals surface area contributed by atoms with Gasteiger partial charge in [-0.25, -0.2) is 9.59 Å². The molecule has 0 spiro atoms. The quantitative estimate of drug-likeness (QED) is 0.660. The van der Waals surface area contributed by atoms with Crippen LogP contribution in [0.15, 0.2) is 24.3 Å². The molecular weight excluding hydrogens is 359 g/mol. The molecule has 122 valence electrons. The van der Waals surface area contributed by atoms with E-state index in [4.69, 9.17) is 23.2 Å². The Labute approximate surface area is 147 Å². The van der Waals surface area contributed by atoms with E-state index < -0.39 is 12.0 Å². The number of para-hydroxylation sites is 1. The zero-order valence-corrected chi connectivity index (χ0v) is 14.6. The number of amides is 2. The lowest BCUT2D eigenvalue weighted by atomic mass is 10.1. The SMILES string of the molecule is CC(C)c1cc(C(=O)O)c(NC(=O)Nc2c(Cl)cccc2Cl)s1. The summed E-state index contributed by atoms with van der Waals surface area (Å²) in [5, 5.41) is 15.2. The molecule has 0 radical (unpaired) electrons. The van der Waals surface area contributed by atoms with Gasteiger partial charge in [0, 0.05) is 4.88 Å². The highest BCUT2D eigenvalue weighted by atomic mass is 35.5. The lowest BCUT2D eigenvalue weighted by Gasteiger charge is -2.10. The summed E-state index contributed by atoms with van der Waals surface area (Å²) in [6, 6.07) is 5.79. The second kappa shape index (κ2) is 7.21. The van der Waals surface area contributed by atoms with Crippen LogP contribution < -0.4 is 10.6 Å². The van der Waals surface area contributed by atoms with E-state index in [0.29, 0.717) is 10.0 Å². The number of anilines is 2. The molecule has 0 bridgehead atoms. The standard InChI is InChI=1S/C15H14Cl2N2O3S/c1-7(2)11-6-8(14(20)21)13(23-11)19-15(22)18-12-9(16)4-3-5-10(12)17/h3-7H,1-2H3,(H,20,21)(H2,18,19,22). The molecule has 0 aliphatic heterocycles. The molecule has 1 heterocycles. The molecule has 23 heavy (non-hydrogen) atoms. The van der Waals surface area contributed by atoms with Crippen molar-refractivity contribution in [2.45, 2.75) is 19.8 Å². The van der Waals surface area contributed by atoms with Gasteiger partial charge < -0.3 is 10.4 Å². The Bertz CT molecular complexity index is 739. The van der Waals surface area contributed by atoms with Crippen LogP contribution in [0.2, 0.25) is 10.0 Å². The van der Waals surface area contributed by atoms with Crippen molar-refractivity contribution in [2.75, 3.05) is 10.6 Å². The minimum Gasteiger partial charge on any atom is -0.478 e. The van der Waals surface area contributed by atoms with Crippen molar-refractivity contribution in [3.05, 3.63) is 44.8 Å². The van der Waals surface area contributed by atoms with Gasteiger partial charge in [0.25, 0.3) is 0 Å². The number of halogens is 2. The van der Waals surface area contributed by atoms with Crippen LogP contribution in [0.1, 0.15) is 35.0 Å². The molecule has 0 saturated carbocycles. The number of hydrogen-bond donors (Lipinski definition) is 3. The summed E-state index contributed by atoms with van der Waals surface area (Å²) in [5.41, 5.74) is 0.324. The normalized spacial score (nSPS) is 10.7. The maximum Gasteiger partial charge on any atom is 0.338 e. The van der Waals surface area contributed by atoms with Crippen molar-refractivity contribution in [1.29, 1.82) is 0 Å². The highest BCUT2D eigenvalue weighted by Crippen LogP contribution is 2.34. The minimum atomic E-state index is -1.10. The minimum absolute atomic E-state index is 0.0547. The van der Waals surface area contributed by atoms with Gasteiger partial charge in [0.2, 0.25) is 0 Å². The van der Waals surface area contributed by atoms with E-state index in [1.807, 2.05) is 13.8 Å². The van der Waals surface area contributed by atoms with E-state index in [2.05, 4.69) is 10.6 Å². The van der Waals surface area contributed by atoms with Gasteiger partial charge >= 0.3 is 12.0 Å². The average molecular weight is 373 g/mol. The highest BCUT2D eigenvalue weighted by molar-refractivity contribution is 7.16. The number of urea groups is 1. The lowest BCUT2D eigenvalue weighted by Crippen LogP contribution is -2.20. The van der Waals surface area contributed by atoms with Crippen LogP contribution in [0.4, 0.5) is 15.5 Å². The molecule has 8 heteroatoms. The first-order valence-corrected chi connectivity index (χ1v) is 8.26. The summed E-state index contributed by atoms with van der Waals surface area (Å²) in [4.78, 5) is 24.3. The van der Waals surface area contributed by atoms with Gasteiger partial charge in [-0.3, -0.25) is 5.32 Å². The predicted molar refractivity (Wildman–Crippen MR) is 94.5 cm³/mol. The summed E-state index contributed by atoms with van der Waals surface area (Å²) < 4.78 is 0. The van der Waals surface area contributed by atoms with Crippen LogP contribution in [-0.2, 0) is 0 Å². The number of carbonyl (C=O) groups is 2. The molecular formula is C15H14Cl2N2O3S. The fourth-order valence-corrected chi connectivity index (χ4v) is 3.35. The van der Waals surface area contributed by atoms with Crippen LogP contribution in [0.3, 0.4) is 0 Å². The molecule has 1 aromatic carbocycles. The van der Waals surface area contributed by atoms with Gasteiger partial charge in [-0.1, -0.05) is 43.1 Å². The van der Waals surface area contributed by atoms with Crippen molar-refractivity contribution in [2.24, 2.45) is 0 Å². The number of thiophene rings is 1. The fraction of sp³-hybridized carbons (Fsp3) is 0.200. The molecule has 0 aliphatic carbocycles. The number of benzene rings is 1. The van der Waals surface area contributed by atoms with Crippen molar-refractivity contribution in [3.63, 3.8) is 0 Å². The van der Waals surface area contributed by atoms with Crippen molar-refractivity contribution in [3.8, 4) is 0 Å². The van der Waals surface area contributed by atoms with Gasteiger partial charge in [0.15, 0.2) is 0 Å². The molecule has 2 rings (SSSR count). The smallest absolute Gasteiger partial charge is 0.338 e. The van der Waals surface area contributed by atoms with E-state index >= 15 is 0 Å². The summed E-state index contributed by atoms with van der Waals surface area (Å²) in [5.74, 6) is -0.936. The zero-order valence-electron chi connectivity index (χ0n) is 12.3. The first-order valence-electron chi connectivity index (χ1n) is 6.68. The molecule has 5 nitrogen and oxygen atoms in total. The Balaban J connectivity index is 2.22. The van der Waals surface area contributed by atoms with Gasteiger partial charge in [-0.05, 0) is 24.1 Å². The number of carboxylic acids is 1. The predicted octanol–water partition coefficient (Wildman–Crippen LogP) is 5.52. The number of rotatable bonds is 4. The first-order chi connectivity index (χ1) is 10.8. The van der Waals surface area contributed by atoms with Crippen LogP contribution >= 0.6 is 34.5 Å². The van der Waals surface area contributed by atoms with Gasteiger partial charge in [-0.2, -0.15) is 0 Å². The average Bonchev–Trinajstić information content (AvgIpc) is 2.87.